The molecular formula is C24H36. The Bertz CT molecular complexity index is 561. The first-order valence-corrected chi connectivity index (χ1v) is 9.48. The number of hydrogen-bond donors (Lipinski definition) is 0. The van der Waals surface area contributed by atoms with Crippen molar-refractivity contribution in [2.24, 2.45) is 11.8 Å². The van der Waals surface area contributed by atoms with Crippen LogP contribution in [-0.4, -0.2) is 0 Å². The molecule has 0 saturated carbocycles. The zero-order valence-electron chi connectivity index (χ0n) is 16.6. The summed E-state index contributed by atoms with van der Waals surface area (Å²) in [4.78, 5) is 0. The number of rotatable bonds is 6. The predicted octanol–water partition coefficient (Wildman–Crippen LogP) is 7.17. The van der Waals surface area contributed by atoms with Gasteiger partial charge in [0.15, 0.2) is 0 Å². The lowest BCUT2D eigenvalue weighted by molar-refractivity contribution is 0.586. The molecule has 0 saturated heterocycles. The summed E-state index contributed by atoms with van der Waals surface area (Å²) in [5, 5.41) is 0. The van der Waals surface area contributed by atoms with Gasteiger partial charge in [-0.15, -0.1) is 0 Å². The summed E-state index contributed by atoms with van der Waals surface area (Å²) >= 11 is 0. The molecule has 2 aromatic rings. The van der Waals surface area contributed by atoms with Gasteiger partial charge in [0, 0.05) is 0 Å². The van der Waals surface area contributed by atoms with Gasteiger partial charge in [0.25, 0.3) is 0 Å². The standard InChI is InChI=1S/2C12H18/c1-10(2)4-7-12-8-5-11(3)6-9-12;1-10(2)7-8-12-6-4-5-11(3)9-12/h5-6,8-10H,4,7H2,1-3H3;4-6,9-10H,7-8H2,1-3H3. The maximum atomic E-state index is 2.28. The van der Waals surface area contributed by atoms with E-state index < -0.39 is 0 Å². The molecule has 0 atom stereocenters. The van der Waals surface area contributed by atoms with E-state index in [-0.39, 0.29) is 0 Å². The third kappa shape index (κ3) is 9.55. The van der Waals surface area contributed by atoms with E-state index in [1.807, 2.05) is 0 Å². The van der Waals surface area contributed by atoms with E-state index in [2.05, 4.69) is 90.1 Å². The van der Waals surface area contributed by atoms with Crippen LogP contribution in [0, 0.1) is 25.7 Å². The van der Waals surface area contributed by atoms with Crippen molar-refractivity contribution >= 4 is 0 Å². The van der Waals surface area contributed by atoms with E-state index in [0.717, 1.165) is 11.8 Å². The minimum absolute atomic E-state index is 0.811. The summed E-state index contributed by atoms with van der Waals surface area (Å²) in [5.41, 5.74) is 5.66. The van der Waals surface area contributed by atoms with Gasteiger partial charge in [0.1, 0.15) is 0 Å². The summed E-state index contributed by atoms with van der Waals surface area (Å²) in [6.45, 7) is 13.4. The molecular weight excluding hydrogens is 288 g/mol. The molecule has 0 radical (unpaired) electrons. The Labute approximate surface area is 150 Å². The summed E-state index contributed by atoms with van der Waals surface area (Å²) in [5.74, 6) is 1.62. The highest BCUT2D eigenvalue weighted by atomic mass is 14.0. The first-order chi connectivity index (χ1) is 11.4. The smallest absolute Gasteiger partial charge is 0.0276 e. The SMILES string of the molecule is Cc1ccc(CCC(C)C)cc1.Cc1cccc(CCC(C)C)c1. The van der Waals surface area contributed by atoms with Crippen molar-refractivity contribution < 1.29 is 0 Å². The first-order valence-electron chi connectivity index (χ1n) is 9.48. The van der Waals surface area contributed by atoms with Crippen molar-refractivity contribution in [1.82, 2.24) is 0 Å². The van der Waals surface area contributed by atoms with E-state index >= 15 is 0 Å². The molecule has 0 aliphatic rings. The average molecular weight is 325 g/mol. The molecule has 0 nitrogen and oxygen atoms in total. The van der Waals surface area contributed by atoms with Crippen molar-refractivity contribution in [2.45, 2.75) is 67.2 Å². The van der Waals surface area contributed by atoms with Gasteiger partial charge in [-0.25, -0.2) is 0 Å². The van der Waals surface area contributed by atoms with E-state index in [0.29, 0.717) is 0 Å². The molecule has 0 unspecified atom stereocenters. The molecule has 24 heavy (non-hydrogen) atoms. The fourth-order valence-corrected chi connectivity index (χ4v) is 2.53. The van der Waals surface area contributed by atoms with E-state index in [1.165, 1.54) is 47.9 Å². The maximum Gasteiger partial charge on any atom is -0.0276 e. The highest BCUT2D eigenvalue weighted by Gasteiger charge is 1.97. The highest BCUT2D eigenvalue weighted by Crippen LogP contribution is 2.11. The Balaban J connectivity index is 0.000000240. The fraction of sp³-hybridized carbons (Fsp3) is 0.500. The molecule has 0 fully saturated rings. The molecule has 0 aromatic heterocycles. The molecule has 0 N–H and O–H groups in total. The molecule has 0 amide bonds. The number of hydrogen-bond acceptors (Lipinski definition) is 0. The molecule has 0 aliphatic heterocycles. The Morgan fingerprint density at radius 3 is 1.67 bits per heavy atom. The Kier molecular flexibility index (Phi) is 9.45. The lowest BCUT2D eigenvalue weighted by atomic mass is 10.0. The van der Waals surface area contributed by atoms with Crippen molar-refractivity contribution in [1.29, 1.82) is 0 Å². The van der Waals surface area contributed by atoms with Crippen molar-refractivity contribution in [3.8, 4) is 0 Å². The van der Waals surface area contributed by atoms with Crippen LogP contribution in [0.4, 0.5) is 0 Å². The van der Waals surface area contributed by atoms with Gasteiger partial charge < -0.3 is 0 Å². The second kappa shape index (κ2) is 11.1. The Morgan fingerprint density at radius 2 is 1.17 bits per heavy atom. The van der Waals surface area contributed by atoms with Crippen LogP contribution in [0.1, 0.15) is 62.8 Å². The second-order valence-electron chi connectivity index (χ2n) is 7.84. The van der Waals surface area contributed by atoms with Crippen LogP contribution in [-0.2, 0) is 12.8 Å². The van der Waals surface area contributed by atoms with Gasteiger partial charge in [-0.1, -0.05) is 87.4 Å². The van der Waals surface area contributed by atoms with Crippen molar-refractivity contribution in [3.63, 3.8) is 0 Å². The maximum absolute atomic E-state index is 2.28. The van der Waals surface area contributed by atoms with Crippen LogP contribution in [0.2, 0.25) is 0 Å². The topological polar surface area (TPSA) is 0 Å². The van der Waals surface area contributed by atoms with Gasteiger partial charge in [0.05, 0.1) is 0 Å². The molecule has 0 heteroatoms. The zero-order chi connectivity index (χ0) is 17.9. The monoisotopic (exact) mass is 324 g/mol. The lowest BCUT2D eigenvalue weighted by Crippen LogP contribution is -1.92. The predicted molar refractivity (Wildman–Crippen MR) is 109 cm³/mol. The molecule has 0 heterocycles. The van der Waals surface area contributed by atoms with Gasteiger partial charge in [-0.05, 0) is 62.5 Å². The highest BCUT2D eigenvalue weighted by molar-refractivity contribution is 5.22. The first kappa shape index (κ1) is 20.5. The summed E-state index contributed by atoms with van der Waals surface area (Å²) in [6, 6.07) is 17.6. The van der Waals surface area contributed by atoms with Crippen LogP contribution in [0.25, 0.3) is 0 Å². The third-order valence-electron chi connectivity index (χ3n) is 4.22. The van der Waals surface area contributed by atoms with E-state index in [9.17, 15) is 0 Å². The van der Waals surface area contributed by atoms with Crippen LogP contribution in [0.15, 0.2) is 48.5 Å². The minimum Gasteiger partial charge on any atom is -0.0628 e. The van der Waals surface area contributed by atoms with Crippen LogP contribution in [0.5, 0.6) is 0 Å². The number of aryl methyl sites for hydroxylation is 4. The Morgan fingerprint density at radius 1 is 0.625 bits per heavy atom. The van der Waals surface area contributed by atoms with Crippen LogP contribution < -0.4 is 0 Å². The quantitative estimate of drug-likeness (QED) is 0.528. The van der Waals surface area contributed by atoms with Gasteiger partial charge in [-0.2, -0.15) is 0 Å². The minimum atomic E-state index is 0.811. The molecule has 2 rings (SSSR count). The second-order valence-corrected chi connectivity index (χ2v) is 7.84. The van der Waals surface area contributed by atoms with E-state index in [4.69, 9.17) is 0 Å². The van der Waals surface area contributed by atoms with Crippen LogP contribution in [0.3, 0.4) is 0 Å². The summed E-state index contributed by atoms with van der Waals surface area (Å²) in [7, 11) is 0. The lowest BCUT2D eigenvalue weighted by Gasteiger charge is -2.04. The van der Waals surface area contributed by atoms with Gasteiger partial charge in [-0.3, -0.25) is 0 Å². The molecule has 0 spiro atoms. The van der Waals surface area contributed by atoms with Gasteiger partial charge in [0.2, 0.25) is 0 Å². The number of benzene rings is 2. The fourth-order valence-electron chi connectivity index (χ4n) is 2.53. The van der Waals surface area contributed by atoms with Gasteiger partial charge >= 0.3 is 0 Å². The third-order valence-corrected chi connectivity index (χ3v) is 4.22. The Hall–Kier alpha value is -1.56. The van der Waals surface area contributed by atoms with Crippen molar-refractivity contribution in [3.05, 3.63) is 70.8 Å². The molecule has 2 aromatic carbocycles. The molecule has 0 bridgehead atoms. The zero-order valence-corrected chi connectivity index (χ0v) is 16.6. The molecule has 132 valence electrons. The van der Waals surface area contributed by atoms with E-state index in [1.54, 1.807) is 0 Å². The summed E-state index contributed by atoms with van der Waals surface area (Å²) < 4.78 is 0. The normalized spacial score (nSPS) is 10.7. The largest absolute Gasteiger partial charge is 0.0628 e. The van der Waals surface area contributed by atoms with Crippen LogP contribution >= 0.6 is 0 Å². The summed E-state index contributed by atoms with van der Waals surface area (Å²) in [6.07, 6.45) is 5.03. The van der Waals surface area contributed by atoms with Crippen molar-refractivity contribution in [2.75, 3.05) is 0 Å². The average Bonchev–Trinajstić information content (AvgIpc) is 2.53. The molecule has 0 aliphatic carbocycles.